The Labute approximate surface area is 133 Å². The molecule has 1 aliphatic heterocycles. The first kappa shape index (κ1) is 18.1. The molecule has 130 valence electrons. The largest absolute Gasteiger partial charge is 0.389 e. The molecular formula is C14H29N3O4S. The molecule has 7 nitrogen and oxygen atoms in total. The molecule has 1 heterocycles. The highest BCUT2D eigenvalue weighted by Gasteiger charge is 2.39. The van der Waals surface area contributed by atoms with Gasteiger partial charge in [-0.1, -0.05) is 12.8 Å². The fraction of sp³-hybridized carbons (Fsp3) is 1.00. The average Bonchev–Trinajstić information content (AvgIpc) is 2.76. The third kappa shape index (κ3) is 3.98. The summed E-state index contributed by atoms with van der Waals surface area (Å²) in [5.74, 6) is 0. The topological polar surface area (TPSA) is 84.3 Å². The van der Waals surface area contributed by atoms with Gasteiger partial charge in [0.25, 0.3) is 10.2 Å². The van der Waals surface area contributed by atoms with Gasteiger partial charge in [-0.2, -0.15) is 17.0 Å². The van der Waals surface area contributed by atoms with Crippen molar-refractivity contribution in [2.75, 3.05) is 46.8 Å². The number of aliphatic hydroxyl groups is 2. The van der Waals surface area contributed by atoms with E-state index in [1.165, 1.54) is 22.7 Å². The molecule has 0 radical (unpaired) electrons. The van der Waals surface area contributed by atoms with E-state index >= 15 is 0 Å². The van der Waals surface area contributed by atoms with Gasteiger partial charge in [0.1, 0.15) is 0 Å². The van der Waals surface area contributed by atoms with Crippen LogP contribution in [0.4, 0.5) is 0 Å². The third-order valence-electron chi connectivity index (χ3n) is 4.86. The summed E-state index contributed by atoms with van der Waals surface area (Å²) in [5, 5.41) is 20.8. The molecule has 2 N–H and O–H groups in total. The standard InChI is InChI=1S/C14H29N3O4S/c1-15(2)22(20,21)17-9-5-8-16(10-11-17)12-13(18)14(19)6-3-4-7-14/h13,18-19H,3-12H2,1-2H3. The zero-order chi connectivity index (χ0) is 16.4. The molecule has 1 saturated heterocycles. The SMILES string of the molecule is CN(C)S(=O)(=O)N1CCCN(CC(O)C2(O)CCCC2)CC1. The van der Waals surface area contributed by atoms with Crippen LogP contribution in [0.25, 0.3) is 0 Å². The summed E-state index contributed by atoms with van der Waals surface area (Å²) in [6, 6.07) is 0. The van der Waals surface area contributed by atoms with E-state index in [1.54, 1.807) is 0 Å². The maximum Gasteiger partial charge on any atom is 0.281 e. The van der Waals surface area contributed by atoms with Crippen LogP contribution >= 0.6 is 0 Å². The molecule has 0 bridgehead atoms. The maximum atomic E-state index is 12.2. The number of β-amino-alcohol motifs (C(OH)–C–C–N with tert-alkyl or cyclic N) is 1. The lowest BCUT2D eigenvalue weighted by atomic mass is 9.94. The van der Waals surface area contributed by atoms with E-state index in [4.69, 9.17) is 0 Å². The van der Waals surface area contributed by atoms with Crippen LogP contribution in [0.5, 0.6) is 0 Å². The minimum Gasteiger partial charge on any atom is -0.389 e. The smallest absolute Gasteiger partial charge is 0.281 e. The Morgan fingerprint density at radius 3 is 2.32 bits per heavy atom. The van der Waals surface area contributed by atoms with Crippen LogP contribution in [0.15, 0.2) is 0 Å². The van der Waals surface area contributed by atoms with Gasteiger partial charge in [-0.3, -0.25) is 4.90 Å². The second-order valence-corrected chi connectivity index (χ2v) is 8.81. The Bertz CT molecular complexity index is 463. The molecule has 1 aliphatic carbocycles. The Hall–Kier alpha value is -0.250. The highest BCUT2D eigenvalue weighted by atomic mass is 32.2. The van der Waals surface area contributed by atoms with Gasteiger partial charge >= 0.3 is 0 Å². The third-order valence-corrected chi connectivity index (χ3v) is 6.80. The van der Waals surface area contributed by atoms with Crippen molar-refractivity contribution in [3.63, 3.8) is 0 Å². The summed E-state index contributed by atoms with van der Waals surface area (Å²) >= 11 is 0. The van der Waals surface area contributed by atoms with E-state index in [0.29, 0.717) is 39.0 Å². The molecular weight excluding hydrogens is 306 g/mol. The van der Waals surface area contributed by atoms with Crippen molar-refractivity contribution in [3.05, 3.63) is 0 Å². The fourth-order valence-electron chi connectivity index (χ4n) is 3.33. The molecule has 0 spiro atoms. The first-order valence-corrected chi connectivity index (χ1v) is 9.46. The number of hydrogen-bond donors (Lipinski definition) is 2. The van der Waals surface area contributed by atoms with Gasteiger partial charge in [-0.15, -0.1) is 0 Å². The summed E-state index contributed by atoms with van der Waals surface area (Å²) < 4.78 is 27.1. The molecule has 1 atom stereocenters. The molecule has 1 unspecified atom stereocenters. The number of hydrogen-bond acceptors (Lipinski definition) is 5. The maximum absolute atomic E-state index is 12.2. The lowest BCUT2D eigenvalue weighted by Crippen LogP contribution is -2.48. The number of rotatable bonds is 5. The quantitative estimate of drug-likeness (QED) is 0.705. The fourth-order valence-corrected chi connectivity index (χ4v) is 4.46. The zero-order valence-electron chi connectivity index (χ0n) is 13.6. The van der Waals surface area contributed by atoms with Crippen molar-refractivity contribution in [2.24, 2.45) is 0 Å². The van der Waals surface area contributed by atoms with Crippen LogP contribution in [0.3, 0.4) is 0 Å². The second kappa shape index (κ2) is 7.11. The highest BCUT2D eigenvalue weighted by molar-refractivity contribution is 7.86. The number of nitrogens with zero attached hydrogens (tertiary/aromatic N) is 3. The van der Waals surface area contributed by atoms with Crippen LogP contribution < -0.4 is 0 Å². The van der Waals surface area contributed by atoms with Gasteiger partial charge in [-0.25, -0.2) is 0 Å². The Kier molecular flexibility index (Phi) is 5.84. The average molecular weight is 335 g/mol. The van der Waals surface area contributed by atoms with Crippen LogP contribution in [0.1, 0.15) is 32.1 Å². The lowest BCUT2D eigenvalue weighted by molar-refractivity contribution is -0.0810. The predicted molar refractivity (Wildman–Crippen MR) is 84.7 cm³/mol. The lowest BCUT2D eigenvalue weighted by Gasteiger charge is -2.32. The highest BCUT2D eigenvalue weighted by Crippen LogP contribution is 2.32. The van der Waals surface area contributed by atoms with Crippen molar-refractivity contribution < 1.29 is 18.6 Å². The van der Waals surface area contributed by atoms with Crippen molar-refractivity contribution >= 4 is 10.2 Å². The first-order chi connectivity index (χ1) is 10.3. The van der Waals surface area contributed by atoms with Gasteiger partial charge < -0.3 is 10.2 Å². The van der Waals surface area contributed by atoms with E-state index in [0.717, 1.165) is 25.8 Å². The van der Waals surface area contributed by atoms with E-state index in [2.05, 4.69) is 4.90 Å². The minimum absolute atomic E-state index is 0.409. The van der Waals surface area contributed by atoms with Gasteiger partial charge in [-0.05, 0) is 25.8 Å². The Morgan fingerprint density at radius 2 is 1.73 bits per heavy atom. The second-order valence-electron chi connectivity index (χ2n) is 6.67. The van der Waals surface area contributed by atoms with E-state index in [9.17, 15) is 18.6 Å². The minimum atomic E-state index is -3.37. The molecule has 2 rings (SSSR count). The summed E-state index contributed by atoms with van der Waals surface area (Å²) in [7, 11) is -0.297. The van der Waals surface area contributed by atoms with Gasteiger partial charge in [0.15, 0.2) is 0 Å². The molecule has 2 fully saturated rings. The van der Waals surface area contributed by atoms with E-state index < -0.39 is 21.9 Å². The molecule has 0 aromatic carbocycles. The molecule has 2 aliphatic rings. The normalized spacial score (nSPS) is 26.2. The summed E-state index contributed by atoms with van der Waals surface area (Å²) in [5.41, 5.74) is -0.957. The van der Waals surface area contributed by atoms with Crippen LogP contribution in [-0.4, -0.2) is 90.7 Å². The summed E-state index contributed by atoms with van der Waals surface area (Å²) in [6.45, 7) is 2.65. The summed E-state index contributed by atoms with van der Waals surface area (Å²) in [4.78, 5) is 2.06. The predicted octanol–water partition coefficient (Wildman–Crippen LogP) is -0.533. The monoisotopic (exact) mass is 335 g/mol. The van der Waals surface area contributed by atoms with Crippen molar-refractivity contribution in [1.29, 1.82) is 0 Å². The molecule has 22 heavy (non-hydrogen) atoms. The van der Waals surface area contributed by atoms with Crippen LogP contribution in [0.2, 0.25) is 0 Å². The van der Waals surface area contributed by atoms with Crippen molar-refractivity contribution in [3.8, 4) is 0 Å². The van der Waals surface area contributed by atoms with Crippen LogP contribution in [0, 0.1) is 0 Å². The van der Waals surface area contributed by atoms with Gasteiger partial charge in [0, 0.05) is 40.3 Å². The van der Waals surface area contributed by atoms with E-state index in [1.807, 2.05) is 0 Å². The molecule has 8 heteroatoms. The van der Waals surface area contributed by atoms with Gasteiger partial charge in [0.2, 0.25) is 0 Å². The van der Waals surface area contributed by atoms with Crippen molar-refractivity contribution in [1.82, 2.24) is 13.5 Å². The zero-order valence-corrected chi connectivity index (χ0v) is 14.4. The number of aliphatic hydroxyl groups excluding tert-OH is 1. The first-order valence-electron chi connectivity index (χ1n) is 8.06. The Balaban J connectivity index is 1.91. The van der Waals surface area contributed by atoms with Gasteiger partial charge in [0.05, 0.1) is 11.7 Å². The Morgan fingerprint density at radius 1 is 1.09 bits per heavy atom. The van der Waals surface area contributed by atoms with E-state index in [-0.39, 0.29) is 0 Å². The van der Waals surface area contributed by atoms with Crippen LogP contribution in [-0.2, 0) is 10.2 Å². The molecule has 0 aromatic heterocycles. The molecule has 1 saturated carbocycles. The summed E-state index contributed by atoms with van der Waals surface area (Å²) in [6.07, 6.45) is 3.21. The molecule has 0 amide bonds. The van der Waals surface area contributed by atoms with Crippen molar-refractivity contribution in [2.45, 2.75) is 43.8 Å². The molecule has 0 aromatic rings.